The van der Waals surface area contributed by atoms with E-state index in [2.05, 4.69) is 39.0 Å². The molecule has 0 radical (unpaired) electrons. The van der Waals surface area contributed by atoms with Crippen molar-refractivity contribution in [1.82, 2.24) is 20.2 Å². The molecule has 9 heteroatoms. The highest BCUT2D eigenvalue weighted by molar-refractivity contribution is 7.88. The van der Waals surface area contributed by atoms with Crippen LogP contribution in [-0.4, -0.2) is 56.5 Å². The van der Waals surface area contributed by atoms with Crippen molar-refractivity contribution >= 4 is 21.7 Å². The normalized spacial score (nSPS) is 21.2. The van der Waals surface area contributed by atoms with Crippen LogP contribution in [0.15, 0.2) is 18.3 Å². The second-order valence-corrected chi connectivity index (χ2v) is 8.32. The average Bonchev–Trinajstić information content (AvgIpc) is 2.91. The molecule has 1 aliphatic heterocycles. The molecule has 0 spiro atoms. The monoisotopic (exact) mass is 355 g/mol. The Morgan fingerprint density at radius 3 is 2.75 bits per heavy atom. The van der Waals surface area contributed by atoms with Crippen LogP contribution in [0.1, 0.15) is 20.3 Å². The number of hydrogen-bond acceptors (Lipinski definition) is 6. The van der Waals surface area contributed by atoms with E-state index in [9.17, 15) is 13.2 Å². The van der Waals surface area contributed by atoms with Crippen molar-refractivity contribution in [3.05, 3.63) is 18.3 Å². The lowest BCUT2D eigenvalue weighted by Crippen LogP contribution is -2.43. The molecule has 0 bridgehead atoms. The van der Waals surface area contributed by atoms with Gasteiger partial charge in [-0.15, -0.1) is 5.10 Å². The molecule has 1 amide bonds. The first-order valence-electron chi connectivity index (χ1n) is 8.03. The van der Waals surface area contributed by atoms with Gasteiger partial charge in [-0.2, -0.15) is 5.10 Å². The number of amides is 1. The van der Waals surface area contributed by atoms with E-state index in [0.717, 1.165) is 18.6 Å². The molecule has 0 unspecified atom stereocenters. The highest BCUT2D eigenvalue weighted by Crippen LogP contribution is 2.27. The molecule has 1 aromatic rings. The summed E-state index contributed by atoms with van der Waals surface area (Å²) in [7, 11) is -3.27. The van der Waals surface area contributed by atoms with Crippen LogP contribution in [0.3, 0.4) is 0 Å². The zero-order valence-corrected chi connectivity index (χ0v) is 15.1. The van der Waals surface area contributed by atoms with Crippen LogP contribution in [-0.2, 0) is 14.8 Å². The quantitative estimate of drug-likeness (QED) is 0.713. The zero-order valence-electron chi connectivity index (χ0n) is 14.3. The maximum absolute atomic E-state index is 12.1. The summed E-state index contributed by atoms with van der Waals surface area (Å²) in [5, 5.41) is 11.1. The summed E-state index contributed by atoms with van der Waals surface area (Å²) >= 11 is 0. The fourth-order valence-corrected chi connectivity index (χ4v) is 3.41. The number of sulfonamides is 1. The minimum absolute atomic E-state index is 0.0118. The molecule has 1 aromatic heterocycles. The van der Waals surface area contributed by atoms with Crippen molar-refractivity contribution in [2.75, 3.05) is 30.8 Å². The second kappa shape index (κ2) is 7.89. The van der Waals surface area contributed by atoms with Gasteiger partial charge >= 0.3 is 0 Å². The third kappa shape index (κ3) is 5.41. The number of rotatable bonds is 7. The van der Waals surface area contributed by atoms with Gasteiger partial charge in [0.1, 0.15) is 0 Å². The molecule has 1 fully saturated rings. The van der Waals surface area contributed by atoms with Crippen LogP contribution in [0.5, 0.6) is 0 Å². The van der Waals surface area contributed by atoms with Crippen molar-refractivity contribution < 1.29 is 13.2 Å². The number of hydrogen-bond donors (Lipinski definition) is 2. The molecule has 0 aliphatic carbocycles. The third-order valence-corrected chi connectivity index (χ3v) is 4.89. The van der Waals surface area contributed by atoms with Crippen molar-refractivity contribution in [1.29, 1.82) is 0 Å². The number of aromatic nitrogens is 2. The molecule has 0 aromatic carbocycles. The maximum Gasteiger partial charge on any atom is 0.221 e. The topological polar surface area (TPSA) is 104 Å². The predicted molar refractivity (Wildman–Crippen MR) is 92.0 cm³/mol. The van der Waals surface area contributed by atoms with Gasteiger partial charge < -0.3 is 10.2 Å². The highest BCUT2D eigenvalue weighted by Gasteiger charge is 2.36. The molecule has 1 aliphatic rings. The van der Waals surface area contributed by atoms with Gasteiger partial charge in [0, 0.05) is 38.2 Å². The second-order valence-electron chi connectivity index (χ2n) is 6.49. The summed E-state index contributed by atoms with van der Waals surface area (Å²) in [6.45, 7) is 5.86. The Bertz CT molecular complexity index is 650. The summed E-state index contributed by atoms with van der Waals surface area (Å²) in [6, 6.07) is 3.76. The van der Waals surface area contributed by atoms with Crippen molar-refractivity contribution in [2.24, 2.45) is 11.8 Å². The van der Waals surface area contributed by atoms with Gasteiger partial charge in [-0.3, -0.25) is 4.79 Å². The van der Waals surface area contributed by atoms with Gasteiger partial charge in [0.2, 0.25) is 15.9 Å². The molecule has 1 saturated heterocycles. The minimum Gasteiger partial charge on any atom is -0.353 e. The smallest absolute Gasteiger partial charge is 0.221 e. The Hall–Kier alpha value is -1.74. The van der Waals surface area contributed by atoms with Crippen LogP contribution >= 0.6 is 0 Å². The van der Waals surface area contributed by atoms with Gasteiger partial charge in [0.15, 0.2) is 5.82 Å². The van der Waals surface area contributed by atoms with E-state index >= 15 is 0 Å². The highest BCUT2D eigenvalue weighted by atomic mass is 32.2. The Morgan fingerprint density at radius 1 is 1.42 bits per heavy atom. The molecule has 134 valence electrons. The number of carbonyl (C=O) groups excluding carboxylic acids is 1. The number of nitrogens with zero attached hydrogens (tertiary/aromatic N) is 3. The van der Waals surface area contributed by atoms with Crippen LogP contribution in [0.2, 0.25) is 0 Å². The first kappa shape index (κ1) is 18.6. The molecule has 2 rings (SSSR count). The largest absolute Gasteiger partial charge is 0.353 e. The minimum atomic E-state index is -3.27. The third-order valence-electron chi connectivity index (χ3n) is 4.17. The van der Waals surface area contributed by atoms with Crippen LogP contribution in [0.4, 0.5) is 5.82 Å². The summed E-state index contributed by atoms with van der Waals surface area (Å²) in [4.78, 5) is 14.2. The van der Waals surface area contributed by atoms with E-state index in [0.29, 0.717) is 18.4 Å². The fraction of sp³-hybridized carbons (Fsp3) is 0.667. The van der Waals surface area contributed by atoms with Crippen LogP contribution in [0, 0.1) is 11.8 Å². The lowest BCUT2D eigenvalue weighted by Gasteiger charge is -2.22. The van der Waals surface area contributed by atoms with Crippen LogP contribution in [0.25, 0.3) is 0 Å². The van der Waals surface area contributed by atoms with E-state index < -0.39 is 10.0 Å². The first-order valence-corrected chi connectivity index (χ1v) is 9.92. The van der Waals surface area contributed by atoms with Gasteiger partial charge in [0.05, 0.1) is 12.3 Å². The molecule has 0 saturated carbocycles. The van der Waals surface area contributed by atoms with Crippen molar-refractivity contribution in [2.45, 2.75) is 26.3 Å². The van der Waals surface area contributed by atoms with E-state index in [1.807, 2.05) is 12.1 Å². The lowest BCUT2D eigenvalue weighted by molar-refractivity contribution is -0.121. The zero-order chi connectivity index (χ0) is 17.7. The van der Waals surface area contributed by atoms with Gasteiger partial charge in [-0.05, 0) is 18.1 Å². The number of nitrogens with one attached hydrogen (secondary N) is 2. The fourth-order valence-electron chi connectivity index (χ4n) is 2.94. The molecule has 2 atom stereocenters. The summed E-state index contributed by atoms with van der Waals surface area (Å²) in [6.07, 6.45) is 2.84. The summed E-state index contributed by atoms with van der Waals surface area (Å²) in [5.74, 6) is 1.37. The maximum atomic E-state index is 12.1. The van der Waals surface area contributed by atoms with Crippen molar-refractivity contribution in [3.8, 4) is 0 Å². The Morgan fingerprint density at radius 2 is 2.17 bits per heavy atom. The van der Waals surface area contributed by atoms with Crippen LogP contribution < -0.4 is 14.9 Å². The Balaban J connectivity index is 1.93. The molecule has 8 nitrogen and oxygen atoms in total. The van der Waals surface area contributed by atoms with Crippen molar-refractivity contribution in [3.63, 3.8) is 0 Å². The first-order chi connectivity index (χ1) is 11.3. The van der Waals surface area contributed by atoms with Gasteiger partial charge in [-0.1, -0.05) is 13.8 Å². The lowest BCUT2D eigenvalue weighted by atomic mass is 9.91. The predicted octanol–water partition coefficient (Wildman–Crippen LogP) is -0.00710. The summed E-state index contributed by atoms with van der Waals surface area (Å²) in [5.41, 5.74) is 0. The molecule has 2 heterocycles. The molecular formula is C15H25N5O3S. The van der Waals surface area contributed by atoms with E-state index in [-0.39, 0.29) is 24.9 Å². The molecule has 24 heavy (non-hydrogen) atoms. The SMILES string of the molecule is CC(C)[C@H]1CN(c2cccnn2)C[C@@H]1NC(=O)CCNS(C)(=O)=O. The van der Waals surface area contributed by atoms with E-state index in [1.54, 1.807) is 6.20 Å². The average molecular weight is 355 g/mol. The standard InChI is InChI=1S/C15H25N5O3S/c1-11(2)12-9-20(14-5-4-7-16-19-14)10-13(12)18-15(21)6-8-17-24(3,22)23/h4-5,7,11-13,17H,6,8-10H2,1-3H3,(H,18,21)/t12-,13+/m1/s1. The van der Waals surface area contributed by atoms with Gasteiger partial charge in [0.25, 0.3) is 0 Å². The Kier molecular flexibility index (Phi) is 6.11. The van der Waals surface area contributed by atoms with Gasteiger partial charge in [-0.25, -0.2) is 13.1 Å². The summed E-state index contributed by atoms with van der Waals surface area (Å²) < 4.78 is 24.4. The van der Waals surface area contributed by atoms with E-state index in [1.165, 1.54) is 0 Å². The Labute approximate surface area is 143 Å². The molecular weight excluding hydrogens is 330 g/mol. The molecule has 2 N–H and O–H groups in total. The number of carbonyl (C=O) groups is 1. The van der Waals surface area contributed by atoms with E-state index in [4.69, 9.17) is 0 Å². The number of anilines is 1.